The van der Waals surface area contributed by atoms with Crippen LogP contribution in [0, 0.1) is 11.7 Å². The Balaban J connectivity index is 2.31. The fourth-order valence-corrected chi connectivity index (χ4v) is 1.61. The summed E-state index contributed by atoms with van der Waals surface area (Å²) in [6.45, 7) is 2.11. The number of rotatable bonds is 1. The minimum Gasteiger partial charge on any atom is -0.321 e. The molecule has 1 saturated carbocycles. The molecule has 0 saturated heterocycles. The third-order valence-corrected chi connectivity index (χ3v) is 2.74. The van der Waals surface area contributed by atoms with E-state index in [0.29, 0.717) is 5.92 Å². The highest BCUT2D eigenvalue weighted by molar-refractivity contribution is 5.31. The SMILES string of the molecule is C[C@H]1C[C@@]1(N)c1ccc(F)cc1. The summed E-state index contributed by atoms with van der Waals surface area (Å²) in [4.78, 5) is 0. The molecule has 0 aliphatic heterocycles. The van der Waals surface area contributed by atoms with Crippen molar-refractivity contribution in [2.75, 3.05) is 0 Å². The Morgan fingerprint density at radius 3 is 2.33 bits per heavy atom. The van der Waals surface area contributed by atoms with Gasteiger partial charge in [-0.15, -0.1) is 0 Å². The molecule has 0 bridgehead atoms. The summed E-state index contributed by atoms with van der Waals surface area (Å²) < 4.78 is 12.6. The average molecular weight is 165 g/mol. The van der Waals surface area contributed by atoms with Crippen molar-refractivity contribution in [3.05, 3.63) is 35.6 Å². The Hall–Kier alpha value is -0.890. The number of benzene rings is 1. The first kappa shape index (κ1) is 7.74. The molecule has 0 spiro atoms. The number of halogens is 1. The lowest BCUT2D eigenvalue weighted by atomic mass is 10.0. The van der Waals surface area contributed by atoms with Crippen LogP contribution in [0.4, 0.5) is 4.39 Å². The van der Waals surface area contributed by atoms with E-state index in [2.05, 4.69) is 6.92 Å². The summed E-state index contributed by atoms with van der Waals surface area (Å²) in [7, 11) is 0. The van der Waals surface area contributed by atoms with E-state index in [1.807, 2.05) is 0 Å². The molecular formula is C10H12FN. The summed E-state index contributed by atoms with van der Waals surface area (Å²) in [6, 6.07) is 6.49. The van der Waals surface area contributed by atoms with Gasteiger partial charge < -0.3 is 5.73 Å². The van der Waals surface area contributed by atoms with Crippen molar-refractivity contribution in [1.29, 1.82) is 0 Å². The van der Waals surface area contributed by atoms with E-state index < -0.39 is 0 Å². The van der Waals surface area contributed by atoms with Crippen molar-refractivity contribution >= 4 is 0 Å². The summed E-state index contributed by atoms with van der Waals surface area (Å²) in [5, 5.41) is 0. The van der Waals surface area contributed by atoms with Gasteiger partial charge >= 0.3 is 0 Å². The van der Waals surface area contributed by atoms with Crippen molar-refractivity contribution in [2.24, 2.45) is 11.7 Å². The molecule has 1 aliphatic rings. The van der Waals surface area contributed by atoms with Crippen molar-refractivity contribution in [2.45, 2.75) is 18.9 Å². The quantitative estimate of drug-likeness (QED) is 0.677. The zero-order valence-electron chi connectivity index (χ0n) is 7.05. The number of nitrogens with two attached hydrogens (primary N) is 1. The summed E-state index contributed by atoms with van der Waals surface area (Å²) in [5.41, 5.74) is 6.92. The van der Waals surface area contributed by atoms with Crippen molar-refractivity contribution in [1.82, 2.24) is 0 Å². The van der Waals surface area contributed by atoms with Crippen molar-refractivity contribution in [3.63, 3.8) is 0 Å². The molecule has 2 atom stereocenters. The molecular weight excluding hydrogens is 153 g/mol. The van der Waals surface area contributed by atoms with Crippen LogP contribution in [0.1, 0.15) is 18.9 Å². The smallest absolute Gasteiger partial charge is 0.123 e. The molecule has 1 nitrogen and oxygen atoms in total. The highest BCUT2D eigenvalue weighted by atomic mass is 19.1. The molecule has 2 N–H and O–H groups in total. The standard InChI is InChI=1S/C10H12FN/c1-7-6-10(7,12)8-2-4-9(11)5-3-8/h2-5,7H,6,12H2,1H3/t7-,10-/m0/s1. The second-order valence-electron chi connectivity index (χ2n) is 3.65. The lowest BCUT2D eigenvalue weighted by molar-refractivity contribution is 0.620. The normalized spacial score (nSPS) is 33.4. The van der Waals surface area contributed by atoms with Gasteiger partial charge in [0.25, 0.3) is 0 Å². The maximum Gasteiger partial charge on any atom is 0.123 e. The minimum atomic E-state index is -0.198. The van der Waals surface area contributed by atoms with E-state index >= 15 is 0 Å². The molecule has 64 valence electrons. The van der Waals surface area contributed by atoms with Gasteiger partial charge in [-0.25, -0.2) is 4.39 Å². The Morgan fingerprint density at radius 2 is 1.92 bits per heavy atom. The first-order chi connectivity index (χ1) is 5.63. The predicted molar refractivity (Wildman–Crippen MR) is 46.0 cm³/mol. The van der Waals surface area contributed by atoms with Crippen LogP contribution in [-0.4, -0.2) is 0 Å². The predicted octanol–water partition coefficient (Wildman–Crippen LogP) is 2.02. The molecule has 1 aromatic carbocycles. The first-order valence-corrected chi connectivity index (χ1v) is 4.18. The summed E-state index contributed by atoms with van der Waals surface area (Å²) in [5.74, 6) is 0.332. The molecule has 2 heteroatoms. The van der Waals surface area contributed by atoms with Crippen LogP contribution >= 0.6 is 0 Å². The Labute approximate surface area is 71.4 Å². The van der Waals surface area contributed by atoms with Gasteiger partial charge in [-0.1, -0.05) is 19.1 Å². The molecule has 0 heterocycles. The molecule has 1 aliphatic carbocycles. The van der Waals surface area contributed by atoms with Gasteiger partial charge in [-0.3, -0.25) is 0 Å². The molecule has 0 amide bonds. The van der Waals surface area contributed by atoms with E-state index in [1.54, 1.807) is 12.1 Å². The van der Waals surface area contributed by atoms with Crippen LogP contribution in [0.5, 0.6) is 0 Å². The van der Waals surface area contributed by atoms with Crippen LogP contribution in [0.3, 0.4) is 0 Å². The van der Waals surface area contributed by atoms with Crippen molar-refractivity contribution < 1.29 is 4.39 Å². The largest absolute Gasteiger partial charge is 0.321 e. The number of hydrogen-bond acceptors (Lipinski definition) is 1. The van der Waals surface area contributed by atoms with E-state index in [0.717, 1.165) is 12.0 Å². The lowest BCUT2D eigenvalue weighted by Crippen LogP contribution is -2.21. The Kier molecular flexibility index (Phi) is 1.48. The van der Waals surface area contributed by atoms with Crippen molar-refractivity contribution in [3.8, 4) is 0 Å². The van der Waals surface area contributed by atoms with Gasteiger partial charge in [-0.2, -0.15) is 0 Å². The van der Waals surface area contributed by atoms with E-state index in [4.69, 9.17) is 5.73 Å². The van der Waals surface area contributed by atoms with Gasteiger partial charge in [-0.05, 0) is 30.0 Å². The lowest BCUT2D eigenvalue weighted by Gasteiger charge is -2.09. The molecule has 2 rings (SSSR count). The van der Waals surface area contributed by atoms with Crippen LogP contribution in [0.25, 0.3) is 0 Å². The fraction of sp³-hybridized carbons (Fsp3) is 0.400. The first-order valence-electron chi connectivity index (χ1n) is 4.18. The second kappa shape index (κ2) is 2.30. The van der Waals surface area contributed by atoms with Gasteiger partial charge in [0, 0.05) is 5.54 Å². The Morgan fingerprint density at radius 1 is 1.42 bits per heavy atom. The van der Waals surface area contributed by atoms with E-state index in [9.17, 15) is 4.39 Å². The Bertz CT molecular complexity index is 293. The van der Waals surface area contributed by atoms with E-state index in [1.165, 1.54) is 12.1 Å². The maximum absolute atomic E-state index is 12.6. The fourth-order valence-electron chi connectivity index (χ4n) is 1.61. The third-order valence-electron chi connectivity index (χ3n) is 2.74. The van der Waals surface area contributed by atoms with Crippen LogP contribution in [0.15, 0.2) is 24.3 Å². The third kappa shape index (κ3) is 1.03. The molecule has 12 heavy (non-hydrogen) atoms. The van der Waals surface area contributed by atoms with Gasteiger partial charge in [0.1, 0.15) is 5.82 Å². The van der Waals surface area contributed by atoms with Gasteiger partial charge in [0.2, 0.25) is 0 Å². The van der Waals surface area contributed by atoms with E-state index in [-0.39, 0.29) is 11.4 Å². The topological polar surface area (TPSA) is 26.0 Å². The molecule has 0 unspecified atom stereocenters. The zero-order chi connectivity index (χ0) is 8.77. The second-order valence-corrected chi connectivity index (χ2v) is 3.65. The minimum absolute atomic E-state index is 0.173. The molecule has 1 aromatic rings. The zero-order valence-corrected chi connectivity index (χ0v) is 7.05. The number of hydrogen-bond donors (Lipinski definition) is 1. The highest BCUT2D eigenvalue weighted by Crippen LogP contribution is 2.48. The van der Waals surface area contributed by atoms with Crippen LogP contribution in [-0.2, 0) is 5.54 Å². The average Bonchev–Trinajstić information content (AvgIpc) is 2.62. The molecule has 1 fully saturated rings. The highest BCUT2D eigenvalue weighted by Gasteiger charge is 2.48. The molecule has 0 aromatic heterocycles. The maximum atomic E-state index is 12.6. The van der Waals surface area contributed by atoms with Gasteiger partial charge in [0.05, 0.1) is 0 Å². The van der Waals surface area contributed by atoms with Gasteiger partial charge in [0.15, 0.2) is 0 Å². The van der Waals surface area contributed by atoms with Crippen LogP contribution < -0.4 is 5.73 Å². The summed E-state index contributed by atoms with van der Waals surface area (Å²) >= 11 is 0. The monoisotopic (exact) mass is 165 g/mol. The van der Waals surface area contributed by atoms with Crippen LogP contribution in [0.2, 0.25) is 0 Å². The molecule has 0 radical (unpaired) electrons. The summed E-state index contributed by atoms with van der Waals surface area (Å²) in [6.07, 6.45) is 1.01.